The van der Waals surface area contributed by atoms with Gasteiger partial charge >= 0.3 is 17.9 Å². The van der Waals surface area contributed by atoms with Crippen LogP contribution in [0.15, 0.2) is 0 Å². The third-order valence-corrected chi connectivity index (χ3v) is 2.43. The van der Waals surface area contributed by atoms with Crippen molar-refractivity contribution in [2.24, 2.45) is 5.92 Å². The number of carboxylic acids is 2. The number of carbonyl (C=O) groups is 3. The molecule has 2 N–H and O–H groups in total. The van der Waals surface area contributed by atoms with Crippen molar-refractivity contribution in [2.45, 2.75) is 38.5 Å². The molecular weight excluding hydrogens is 228 g/mol. The smallest absolute Gasteiger partial charge is 0.308 e. The molecule has 0 fully saturated rings. The Morgan fingerprint density at radius 1 is 1.00 bits per heavy atom. The Kier molecular flexibility index (Phi) is 7.75. The summed E-state index contributed by atoms with van der Waals surface area (Å²) in [5.74, 6) is -2.71. The Morgan fingerprint density at radius 2 is 1.59 bits per heavy atom. The zero-order chi connectivity index (χ0) is 13.3. The first-order valence-corrected chi connectivity index (χ1v) is 5.48. The van der Waals surface area contributed by atoms with Gasteiger partial charge in [0.2, 0.25) is 0 Å². The molecule has 0 bridgehead atoms. The fraction of sp³-hybridized carbons (Fsp3) is 0.727. The molecule has 6 nitrogen and oxygen atoms in total. The number of hydrogen-bond acceptors (Lipinski definition) is 4. The lowest BCUT2D eigenvalue weighted by Crippen LogP contribution is -2.17. The van der Waals surface area contributed by atoms with Gasteiger partial charge in [-0.15, -0.1) is 0 Å². The van der Waals surface area contributed by atoms with Crippen molar-refractivity contribution in [3.05, 3.63) is 0 Å². The molecule has 0 rings (SSSR count). The molecule has 98 valence electrons. The Hall–Kier alpha value is -1.59. The molecule has 6 heteroatoms. The molecule has 0 heterocycles. The van der Waals surface area contributed by atoms with Gasteiger partial charge in [0.15, 0.2) is 0 Å². The molecule has 0 aromatic rings. The summed E-state index contributed by atoms with van der Waals surface area (Å²) < 4.78 is 4.57. The summed E-state index contributed by atoms with van der Waals surface area (Å²) >= 11 is 0. The third-order valence-electron chi connectivity index (χ3n) is 2.43. The van der Waals surface area contributed by atoms with Gasteiger partial charge in [-0.3, -0.25) is 14.4 Å². The van der Waals surface area contributed by atoms with Crippen molar-refractivity contribution in [3.63, 3.8) is 0 Å². The molecule has 0 aromatic heterocycles. The largest absolute Gasteiger partial charge is 0.481 e. The predicted molar refractivity (Wildman–Crippen MR) is 58.5 cm³/mol. The highest BCUT2D eigenvalue weighted by Gasteiger charge is 2.19. The molecule has 1 unspecified atom stereocenters. The molecule has 0 aromatic carbocycles. The number of esters is 1. The van der Waals surface area contributed by atoms with E-state index in [0.717, 1.165) is 0 Å². The van der Waals surface area contributed by atoms with Gasteiger partial charge in [0, 0.05) is 12.8 Å². The molecule has 0 radical (unpaired) electrons. The van der Waals surface area contributed by atoms with Gasteiger partial charge in [-0.1, -0.05) is 6.42 Å². The summed E-state index contributed by atoms with van der Waals surface area (Å²) in [6, 6.07) is 0. The number of ether oxygens (including phenoxy) is 1. The van der Waals surface area contributed by atoms with E-state index >= 15 is 0 Å². The molecule has 0 aliphatic carbocycles. The number of unbranched alkanes of at least 4 members (excludes halogenated alkanes) is 1. The Bertz CT molecular complexity index is 273. The van der Waals surface area contributed by atoms with Crippen molar-refractivity contribution < 1.29 is 29.3 Å². The van der Waals surface area contributed by atoms with Crippen molar-refractivity contribution >= 4 is 17.9 Å². The van der Waals surface area contributed by atoms with Gasteiger partial charge in [0.05, 0.1) is 13.0 Å². The minimum Gasteiger partial charge on any atom is -0.481 e. The summed E-state index contributed by atoms with van der Waals surface area (Å²) in [7, 11) is 1.26. The lowest BCUT2D eigenvalue weighted by atomic mass is 9.96. The summed E-state index contributed by atoms with van der Waals surface area (Å²) in [5, 5.41) is 17.0. The van der Waals surface area contributed by atoms with Crippen LogP contribution in [0.1, 0.15) is 38.5 Å². The number of rotatable bonds is 9. The lowest BCUT2D eigenvalue weighted by Gasteiger charge is -2.12. The summed E-state index contributed by atoms with van der Waals surface area (Å²) in [6.45, 7) is 0. The van der Waals surface area contributed by atoms with Crippen LogP contribution in [0.4, 0.5) is 0 Å². The number of hydrogen-bond donors (Lipinski definition) is 2. The van der Waals surface area contributed by atoms with E-state index in [1.165, 1.54) is 7.11 Å². The van der Waals surface area contributed by atoms with E-state index in [-0.39, 0.29) is 19.3 Å². The van der Waals surface area contributed by atoms with Gasteiger partial charge in [-0.2, -0.15) is 0 Å². The number of carbonyl (C=O) groups excluding carboxylic acids is 1. The Balaban J connectivity index is 3.97. The second-order valence-electron chi connectivity index (χ2n) is 3.79. The van der Waals surface area contributed by atoms with Crippen LogP contribution in [0.5, 0.6) is 0 Å². The van der Waals surface area contributed by atoms with Crippen molar-refractivity contribution in [1.29, 1.82) is 0 Å². The summed E-state index contributed by atoms with van der Waals surface area (Å²) in [5.41, 5.74) is 0. The topological polar surface area (TPSA) is 101 Å². The molecule has 0 spiro atoms. The fourth-order valence-corrected chi connectivity index (χ4v) is 1.51. The number of carboxylic acid groups (broad SMARTS) is 2. The second-order valence-corrected chi connectivity index (χ2v) is 3.79. The SMILES string of the molecule is COC(=O)C(CCCCC(=O)O)CCC(=O)O. The maximum absolute atomic E-state index is 11.3. The minimum atomic E-state index is -0.954. The van der Waals surface area contributed by atoms with Gasteiger partial charge in [-0.05, 0) is 19.3 Å². The van der Waals surface area contributed by atoms with Crippen LogP contribution in [0.3, 0.4) is 0 Å². The zero-order valence-corrected chi connectivity index (χ0v) is 9.85. The molecule has 1 atom stereocenters. The zero-order valence-electron chi connectivity index (χ0n) is 9.85. The maximum atomic E-state index is 11.3. The normalized spacial score (nSPS) is 11.8. The van der Waals surface area contributed by atoms with Crippen molar-refractivity contribution in [2.75, 3.05) is 7.11 Å². The molecule has 0 amide bonds. The van der Waals surface area contributed by atoms with Crippen LogP contribution < -0.4 is 0 Å². The average Bonchev–Trinajstić information content (AvgIpc) is 2.26. The summed E-state index contributed by atoms with van der Waals surface area (Å²) in [6.07, 6.45) is 1.73. The van der Waals surface area contributed by atoms with Crippen LogP contribution in [-0.2, 0) is 19.1 Å². The van der Waals surface area contributed by atoms with E-state index in [0.29, 0.717) is 19.3 Å². The maximum Gasteiger partial charge on any atom is 0.308 e. The molecule has 0 saturated heterocycles. The monoisotopic (exact) mass is 246 g/mol. The van der Waals surface area contributed by atoms with Crippen LogP contribution in [0, 0.1) is 5.92 Å². The highest BCUT2D eigenvalue weighted by Crippen LogP contribution is 2.17. The lowest BCUT2D eigenvalue weighted by molar-refractivity contribution is -0.146. The quantitative estimate of drug-likeness (QED) is 0.469. The van der Waals surface area contributed by atoms with Crippen LogP contribution in [-0.4, -0.2) is 35.2 Å². The molecule has 0 aliphatic heterocycles. The van der Waals surface area contributed by atoms with Crippen molar-refractivity contribution in [3.8, 4) is 0 Å². The Morgan fingerprint density at radius 3 is 2.06 bits per heavy atom. The van der Waals surface area contributed by atoms with E-state index in [4.69, 9.17) is 10.2 Å². The van der Waals surface area contributed by atoms with E-state index in [2.05, 4.69) is 4.74 Å². The first kappa shape index (κ1) is 15.4. The molecule has 17 heavy (non-hydrogen) atoms. The standard InChI is InChI=1S/C11H18O6/c1-17-11(16)8(6-7-10(14)15)4-2-3-5-9(12)13/h8H,2-7H2,1H3,(H,12,13)(H,14,15). The summed E-state index contributed by atoms with van der Waals surface area (Å²) in [4.78, 5) is 32.0. The van der Waals surface area contributed by atoms with Gasteiger partial charge in [0.1, 0.15) is 0 Å². The minimum absolute atomic E-state index is 0.0623. The molecule has 0 saturated carbocycles. The fourth-order valence-electron chi connectivity index (χ4n) is 1.51. The van der Waals surface area contributed by atoms with Crippen molar-refractivity contribution in [1.82, 2.24) is 0 Å². The van der Waals surface area contributed by atoms with E-state index in [9.17, 15) is 14.4 Å². The highest BCUT2D eigenvalue weighted by molar-refractivity contribution is 5.73. The van der Waals surface area contributed by atoms with E-state index in [1.807, 2.05) is 0 Å². The Labute approximate surface area is 99.6 Å². The van der Waals surface area contributed by atoms with E-state index < -0.39 is 23.8 Å². The third kappa shape index (κ3) is 8.24. The second kappa shape index (κ2) is 8.55. The van der Waals surface area contributed by atoms with Crippen LogP contribution in [0.2, 0.25) is 0 Å². The van der Waals surface area contributed by atoms with E-state index in [1.54, 1.807) is 0 Å². The van der Waals surface area contributed by atoms with Crippen LogP contribution in [0.25, 0.3) is 0 Å². The van der Waals surface area contributed by atoms with Gasteiger partial charge in [-0.25, -0.2) is 0 Å². The van der Waals surface area contributed by atoms with Gasteiger partial charge in [0.25, 0.3) is 0 Å². The highest BCUT2D eigenvalue weighted by atomic mass is 16.5. The predicted octanol–water partition coefficient (Wildman–Crippen LogP) is 1.29. The number of aliphatic carboxylic acids is 2. The van der Waals surface area contributed by atoms with Crippen LogP contribution >= 0.6 is 0 Å². The first-order valence-electron chi connectivity index (χ1n) is 5.48. The number of methoxy groups -OCH3 is 1. The average molecular weight is 246 g/mol. The molecular formula is C11H18O6. The first-order chi connectivity index (χ1) is 7.97. The van der Waals surface area contributed by atoms with Gasteiger partial charge < -0.3 is 14.9 Å². The molecule has 0 aliphatic rings.